The van der Waals surface area contributed by atoms with Crippen molar-refractivity contribution >= 4 is 17.5 Å². The van der Waals surface area contributed by atoms with Crippen molar-refractivity contribution in [3.63, 3.8) is 0 Å². The van der Waals surface area contributed by atoms with Crippen molar-refractivity contribution in [2.24, 2.45) is 22.9 Å². The quantitative estimate of drug-likeness (QED) is 0.0280. The Bertz CT molecular complexity index is 2280. The Morgan fingerprint density at radius 3 is 2.32 bits per heavy atom. The smallest absolute Gasteiger partial charge is 0.410 e. The van der Waals surface area contributed by atoms with Crippen LogP contribution in [0.1, 0.15) is 140 Å². The van der Waals surface area contributed by atoms with Crippen LogP contribution in [0.5, 0.6) is 28.7 Å². The molecule has 2 heterocycles. The van der Waals surface area contributed by atoms with Crippen LogP contribution < -0.4 is 18.9 Å². The van der Waals surface area contributed by atoms with Gasteiger partial charge >= 0.3 is 6.09 Å². The molecule has 1 saturated carbocycles. The average molecular weight is 982 g/mol. The van der Waals surface area contributed by atoms with Crippen molar-refractivity contribution in [3.05, 3.63) is 106 Å². The zero-order chi connectivity index (χ0) is 50.0. The fourth-order valence-corrected chi connectivity index (χ4v) is 11.0. The van der Waals surface area contributed by atoms with E-state index in [9.17, 15) is 20.3 Å². The number of hydrogen-bond acceptors (Lipinski definition) is 13. The van der Waals surface area contributed by atoms with Crippen LogP contribution >= 0.6 is 0 Å². The van der Waals surface area contributed by atoms with Gasteiger partial charge in [0.25, 0.3) is 5.69 Å². The molecule has 1 fully saturated rings. The Kier molecular flexibility index (Phi) is 20.0. The molecule has 4 aliphatic rings. The van der Waals surface area contributed by atoms with E-state index < -0.39 is 28.8 Å². The first-order chi connectivity index (χ1) is 34.7. The van der Waals surface area contributed by atoms with Gasteiger partial charge in [-0.1, -0.05) is 107 Å². The van der Waals surface area contributed by atoms with Gasteiger partial charge in [-0.3, -0.25) is 15.0 Å². The van der Waals surface area contributed by atoms with Crippen molar-refractivity contribution in [3.8, 4) is 28.7 Å². The second-order valence-electron chi connectivity index (χ2n) is 19.2. The van der Waals surface area contributed by atoms with Crippen molar-refractivity contribution < 1.29 is 53.2 Å². The number of aliphatic hydroxyl groups is 2. The van der Waals surface area contributed by atoms with E-state index in [2.05, 4.69) is 19.6 Å². The lowest BCUT2D eigenvalue weighted by atomic mass is 9.55. The number of nitro benzene ring substituents is 1. The van der Waals surface area contributed by atoms with Crippen LogP contribution in [0.25, 0.3) is 0 Å². The molecule has 1 amide bonds. The highest BCUT2D eigenvalue weighted by atomic mass is 16.7. The number of fused-ring (bicyclic) bond motifs is 3. The first-order valence-corrected chi connectivity index (χ1v) is 26.2. The maximum Gasteiger partial charge on any atom is 0.410 e. The van der Waals surface area contributed by atoms with Gasteiger partial charge in [0.15, 0.2) is 11.5 Å². The predicted molar refractivity (Wildman–Crippen MR) is 271 cm³/mol. The van der Waals surface area contributed by atoms with Gasteiger partial charge in [-0.05, 0) is 98.4 Å². The molecule has 2 aliphatic heterocycles. The van der Waals surface area contributed by atoms with Crippen molar-refractivity contribution in [2.45, 2.75) is 147 Å². The summed E-state index contributed by atoms with van der Waals surface area (Å²) in [5.41, 5.74) is 3.11. The Labute approximate surface area is 419 Å². The van der Waals surface area contributed by atoms with Crippen molar-refractivity contribution in [1.29, 1.82) is 0 Å². The first kappa shape index (κ1) is 53.2. The molecule has 2 aliphatic carbocycles. The summed E-state index contributed by atoms with van der Waals surface area (Å²) < 4.78 is 38.7. The number of allylic oxidation sites excluding steroid dienone is 1. The minimum atomic E-state index is -1.52. The molecule has 3 aromatic rings. The molecular weight excluding hydrogens is 907 g/mol. The van der Waals surface area contributed by atoms with Crippen LogP contribution in [0.4, 0.5) is 10.5 Å². The molecule has 15 nitrogen and oxygen atoms in total. The second-order valence-corrected chi connectivity index (χ2v) is 19.2. The molecule has 0 saturated heterocycles. The van der Waals surface area contributed by atoms with Gasteiger partial charge in [0.05, 0.1) is 35.8 Å². The highest BCUT2D eigenvalue weighted by molar-refractivity contribution is 6.03. The summed E-state index contributed by atoms with van der Waals surface area (Å²) in [5.74, 6) is 0.0960. The summed E-state index contributed by atoms with van der Waals surface area (Å²) in [6, 6.07) is 16.5. The lowest BCUT2D eigenvalue weighted by molar-refractivity contribution is -0.384. The molecule has 6 unspecified atom stereocenters. The predicted octanol–water partition coefficient (Wildman–Crippen LogP) is 12.3. The molecule has 0 spiro atoms. The van der Waals surface area contributed by atoms with Crippen molar-refractivity contribution in [2.75, 3.05) is 39.8 Å². The minimum Gasteiger partial charge on any atom is -0.459 e. The lowest BCUT2D eigenvalue weighted by Gasteiger charge is -2.59. The van der Waals surface area contributed by atoms with E-state index in [1.165, 1.54) is 50.7 Å². The number of rotatable bonds is 30. The van der Waals surface area contributed by atoms with Gasteiger partial charge in [0, 0.05) is 43.7 Å². The summed E-state index contributed by atoms with van der Waals surface area (Å²) in [6.07, 6.45) is 19.5. The molecule has 15 heteroatoms. The Morgan fingerprint density at radius 1 is 0.873 bits per heavy atom. The Morgan fingerprint density at radius 2 is 1.59 bits per heavy atom. The number of ether oxygens (including phenoxy) is 6. The number of hydrogen-bond donors (Lipinski definition) is 2. The van der Waals surface area contributed by atoms with Gasteiger partial charge in [-0.15, -0.1) is 6.58 Å². The molecule has 3 aromatic carbocycles. The third-order valence-corrected chi connectivity index (χ3v) is 14.3. The number of carbonyl (C=O) groups excluding carboxylic acids is 1. The highest BCUT2D eigenvalue weighted by Crippen LogP contribution is 2.62. The van der Waals surface area contributed by atoms with Gasteiger partial charge in [-0.25, -0.2) is 4.79 Å². The van der Waals surface area contributed by atoms with E-state index in [1.54, 1.807) is 29.2 Å². The maximum atomic E-state index is 15.1. The maximum absolute atomic E-state index is 15.1. The number of unbranched alkanes of at least 4 members (excludes halogenated alkanes) is 11. The summed E-state index contributed by atoms with van der Waals surface area (Å²) in [4.78, 5) is 34.0. The van der Waals surface area contributed by atoms with E-state index in [0.717, 1.165) is 68.1 Å². The van der Waals surface area contributed by atoms with Crippen LogP contribution in [-0.2, 0) is 20.9 Å². The van der Waals surface area contributed by atoms with Gasteiger partial charge in [0.2, 0.25) is 12.6 Å². The van der Waals surface area contributed by atoms with Crippen LogP contribution in [0.3, 0.4) is 0 Å². The zero-order valence-electron chi connectivity index (χ0n) is 41.8. The monoisotopic (exact) mass is 982 g/mol. The summed E-state index contributed by atoms with van der Waals surface area (Å²) in [5, 5.41) is 36.6. The molecule has 71 heavy (non-hydrogen) atoms. The lowest BCUT2D eigenvalue weighted by Crippen LogP contribution is -2.70. The standard InChI is InChI=1S/C56H75N3O12/c1-4-7-8-9-10-11-12-13-14-19-32-65-55(62)58(38-40-25-27-50-51(33-40)67-39-66-50)52-37-48(57-69-6-3)46-34-41(21-15-17-29-60)45(24-16-18-30-61)53-47-36-44(70-43-23-20-22-42(35-43)59(63)64)26-28-49(47)71-56(52,54(46)53)68-31-5-2/h5,20,22-23,25-28,33-36,41,45,52-54,60-61H,2,4,6-19,21,24,29-32,37-39H2,1,3H3. The molecule has 2 N–H and O–H groups in total. The topological polar surface area (TPSA) is 181 Å². The highest BCUT2D eigenvalue weighted by Gasteiger charge is 2.65. The molecule has 0 bridgehead atoms. The molecule has 386 valence electrons. The van der Waals surface area contributed by atoms with E-state index in [1.807, 2.05) is 37.3 Å². The molecule has 0 aromatic heterocycles. The number of aliphatic hydroxyl groups excluding tert-OH is 2. The summed E-state index contributed by atoms with van der Waals surface area (Å²) in [7, 11) is 0. The number of oxime groups is 1. The van der Waals surface area contributed by atoms with E-state index in [4.69, 9.17) is 38.4 Å². The fraction of sp³-hybridized carbons (Fsp3) is 0.571. The number of amides is 1. The van der Waals surface area contributed by atoms with Crippen LogP contribution in [0, 0.1) is 27.9 Å². The van der Waals surface area contributed by atoms with Crippen LogP contribution in [0.2, 0.25) is 0 Å². The number of nitro groups is 1. The molecule has 7 rings (SSSR count). The van der Waals surface area contributed by atoms with E-state index in [-0.39, 0.29) is 69.6 Å². The third-order valence-electron chi connectivity index (χ3n) is 14.3. The third kappa shape index (κ3) is 13.3. The number of benzene rings is 3. The normalized spacial score (nSPS) is 22.2. The largest absolute Gasteiger partial charge is 0.459 e. The Balaban J connectivity index is 1.33. The number of nitrogens with zero attached hydrogens (tertiary/aromatic N) is 3. The first-order valence-electron chi connectivity index (χ1n) is 26.2. The van der Waals surface area contributed by atoms with Crippen LogP contribution in [-0.4, -0.2) is 83.5 Å². The van der Waals surface area contributed by atoms with Crippen molar-refractivity contribution in [1.82, 2.24) is 4.90 Å². The Hall–Kier alpha value is -5.64. The summed E-state index contributed by atoms with van der Waals surface area (Å²) in [6.45, 7) is 9.18. The second kappa shape index (κ2) is 26.7. The number of carbonyl (C=O) groups is 1. The average Bonchev–Trinajstić information content (AvgIpc) is 3.85. The summed E-state index contributed by atoms with van der Waals surface area (Å²) >= 11 is 0. The SMILES string of the molecule is C=CCOC12Oc3ccc(Oc4cccc([N+](=O)[O-])c4)cc3C3C(CCCCO)C(CCCCO)C=C(C(=NOCC)CC1N(Cc1ccc4c(c1)OCO4)C(=O)OCCCCCCCCCCCC)C32. The minimum absolute atomic E-state index is 0.0139. The zero-order valence-corrected chi connectivity index (χ0v) is 41.8. The number of non-ortho nitro benzene ring substituents is 1. The van der Waals surface area contributed by atoms with Crippen LogP contribution in [0.15, 0.2) is 90.1 Å². The van der Waals surface area contributed by atoms with E-state index >= 15 is 4.79 Å². The fourth-order valence-electron chi connectivity index (χ4n) is 11.0. The van der Waals surface area contributed by atoms with Gasteiger partial charge in [0.1, 0.15) is 29.9 Å². The molecular formula is C56H75N3O12. The van der Waals surface area contributed by atoms with E-state index in [0.29, 0.717) is 53.9 Å². The molecule has 0 radical (unpaired) electrons. The molecule has 6 atom stereocenters. The van der Waals surface area contributed by atoms with Gasteiger partial charge in [-0.2, -0.15) is 0 Å². The van der Waals surface area contributed by atoms with Gasteiger partial charge < -0.3 is 43.5 Å².